The number of rotatable bonds is 7. The molecule has 0 aliphatic carbocycles. The van der Waals surface area contributed by atoms with Crippen molar-refractivity contribution >= 4 is 5.91 Å². The van der Waals surface area contributed by atoms with Crippen LogP contribution in [0.4, 0.5) is 0 Å². The lowest BCUT2D eigenvalue weighted by Gasteiger charge is -2.32. The fourth-order valence-electron chi connectivity index (χ4n) is 4.15. The molecule has 6 heteroatoms. The van der Waals surface area contributed by atoms with Crippen molar-refractivity contribution in [2.75, 3.05) is 13.1 Å². The zero-order valence-electron chi connectivity index (χ0n) is 17.7. The fraction of sp³-hybridized carbons (Fsp3) is 0.360. The molecule has 3 aromatic rings. The van der Waals surface area contributed by atoms with Gasteiger partial charge in [0.2, 0.25) is 5.91 Å². The van der Waals surface area contributed by atoms with E-state index in [-0.39, 0.29) is 11.5 Å². The van der Waals surface area contributed by atoms with Crippen LogP contribution in [0, 0.1) is 5.92 Å². The number of piperidine rings is 1. The Bertz CT molecular complexity index is 1040. The van der Waals surface area contributed by atoms with Crippen molar-refractivity contribution in [3.8, 4) is 11.3 Å². The molecule has 1 saturated heterocycles. The second kappa shape index (κ2) is 10.2. The summed E-state index contributed by atoms with van der Waals surface area (Å²) in [5, 5.41) is 4.44. The summed E-state index contributed by atoms with van der Waals surface area (Å²) in [4.78, 5) is 30.9. The van der Waals surface area contributed by atoms with Crippen molar-refractivity contribution in [2.24, 2.45) is 5.92 Å². The highest BCUT2D eigenvalue weighted by atomic mass is 16.2. The van der Waals surface area contributed by atoms with E-state index in [9.17, 15) is 9.59 Å². The fourth-order valence-corrected chi connectivity index (χ4v) is 4.15. The minimum Gasteiger partial charge on any atom is -0.343 e. The Hall–Kier alpha value is -3.28. The maximum atomic E-state index is 12.6. The van der Waals surface area contributed by atoms with Crippen LogP contribution in [0.1, 0.15) is 31.2 Å². The predicted octanol–water partition coefficient (Wildman–Crippen LogP) is 3.57. The first-order chi connectivity index (χ1) is 15.2. The second-order valence-corrected chi connectivity index (χ2v) is 8.14. The molecule has 1 aliphatic heterocycles. The summed E-state index contributed by atoms with van der Waals surface area (Å²) < 4.78 is 1.45. The summed E-state index contributed by atoms with van der Waals surface area (Å²) in [5.41, 5.74) is 2.80. The first kappa shape index (κ1) is 21.0. The van der Waals surface area contributed by atoms with Gasteiger partial charge < -0.3 is 4.90 Å². The average Bonchev–Trinajstić information content (AvgIpc) is 2.82. The largest absolute Gasteiger partial charge is 0.343 e. The Morgan fingerprint density at radius 1 is 1.00 bits per heavy atom. The lowest BCUT2D eigenvalue weighted by Crippen LogP contribution is -2.39. The Labute approximate surface area is 182 Å². The van der Waals surface area contributed by atoms with E-state index in [2.05, 4.69) is 34.3 Å². The molecule has 0 saturated carbocycles. The van der Waals surface area contributed by atoms with Gasteiger partial charge in [-0.3, -0.25) is 14.6 Å². The molecule has 0 atom stereocenters. The molecule has 0 bridgehead atoms. The molecule has 6 nitrogen and oxygen atoms in total. The van der Waals surface area contributed by atoms with E-state index in [0.717, 1.165) is 37.9 Å². The van der Waals surface area contributed by atoms with Crippen LogP contribution in [0.3, 0.4) is 0 Å². The van der Waals surface area contributed by atoms with Gasteiger partial charge in [-0.2, -0.15) is 5.10 Å². The molecular formula is C25H28N4O2. The van der Waals surface area contributed by atoms with Crippen molar-refractivity contribution in [1.82, 2.24) is 19.7 Å². The van der Waals surface area contributed by atoms with Crippen LogP contribution in [-0.2, 0) is 17.8 Å². The van der Waals surface area contributed by atoms with Crippen LogP contribution in [0.25, 0.3) is 11.3 Å². The molecule has 0 radical (unpaired) electrons. The van der Waals surface area contributed by atoms with Crippen LogP contribution in [0.2, 0.25) is 0 Å². The standard InChI is InChI=1S/C25H28N4O2/c30-24(28-16-12-21(13-17-28)18-20-6-2-1-3-7-20)9-5-15-29-25(31)11-10-23(27-29)22-8-4-14-26-19-22/h1-4,6-8,10-11,14,19,21H,5,9,12-13,15-18H2. The lowest BCUT2D eigenvalue weighted by atomic mass is 9.90. The Balaban J connectivity index is 1.25. The highest BCUT2D eigenvalue weighted by Gasteiger charge is 2.22. The average molecular weight is 417 g/mol. The van der Waals surface area contributed by atoms with Crippen molar-refractivity contribution < 1.29 is 4.79 Å². The topological polar surface area (TPSA) is 68.1 Å². The zero-order chi connectivity index (χ0) is 21.5. The van der Waals surface area contributed by atoms with E-state index >= 15 is 0 Å². The minimum atomic E-state index is -0.151. The highest BCUT2D eigenvalue weighted by molar-refractivity contribution is 5.76. The Morgan fingerprint density at radius 3 is 2.55 bits per heavy atom. The SMILES string of the molecule is O=C(CCCn1nc(-c2cccnc2)ccc1=O)N1CCC(Cc2ccccc2)CC1. The maximum Gasteiger partial charge on any atom is 0.266 e. The van der Waals surface area contributed by atoms with Crippen LogP contribution < -0.4 is 5.56 Å². The molecule has 0 unspecified atom stereocenters. The number of nitrogens with zero attached hydrogens (tertiary/aromatic N) is 4. The smallest absolute Gasteiger partial charge is 0.266 e. The van der Waals surface area contributed by atoms with Gasteiger partial charge in [0.25, 0.3) is 5.56 Å². The third kappa shape index (κ3) is 5.66. The summed E-state index contributed by atoms with van der Waals surface area (Å²) in [7, 11) is 0. The third-order valence-corrected chi connectivity index (χ3v) is 5.92. The minimum absolute atomic E-state index is 0.151. The van der Waals surface area contributed by atoms with Crippen molar-refractivity contribution in [3.63, 3.8) is 0 Å². The van der Waals surface area contributed by atoms with E-state index in [0.29, 0.717) is 31.0 Å². The number of aryl methyl sites for hydroxylation is 1. The van der Waals surface area contributed by atoms with Crippen LogP contribution in [-0.4, -0.2) is 38.7 Å². The molecule has 1 amide bonds. The zero-order valence-corrected chi connectivity index (χ0v) is 17.7. The summed E-state index contributed by atoms with van der Waals surface area (Å²) >= 11 is 0. The maximum absolute atomic E-state index is 12.6. The highest BCUT2D eigenvalue weighted by Crippen LogP contribution is 2.22. The predicted molar refractivity (Wildman–Crippen MR) is 120 cm³/mol. The van der Waals surface area contributed by atoms with Gasteiger partial charge in [0.15, 0.2) is 0 Å². The van der Waals surface area contributed by atoms with Gasteiger partial charge in [-0.15, -0.1) is 0 Å². The molecule has 0 spiro atoms. The number of amides is 1. The van der Waals surface area contributed by atoms with Gasteiger partial charge in [-0.1, -0.05) is 30.3 Å². The van der Waals surface area contributed by atoms with Crippen molar-refractivity contribution in [2.45, 2.75) is 38.6 Å². The molecular weight excluding hydrogens is 388 g/mol. The van der Waals surface area contributed by atoms with Gasteiger partial charge >= 0.3 is 0 Å². The molecule has 160 valence electrons. The van der Waals surface area contributed by atoms with E-state index in [1.807, 2.05) is 23.1 Å². The molecule has 0 N–H and O–H groups in total. The molecule has 4 rings (SSSR count). The summed E-state index contributed by atoms with van der Waals surface area (Å²) in [5.74, 6) is 0.819. The van der Waals surface area contributed by atoms with Crippen molar-refractivity contribution in [1.29, 1.82) is 0 Å². The molecule has 1 fully saturated rings. The number of carbonyl (C=O) groups excluding carboxylic acids is 1. The molecule has 31 heavy (non-hydrogen) atoms. The number of pyridine rings is 1. The lowest BCUT2D eigenvalue weighted by molar-refractivity contribution is -0.132. The first-order valence-electron chi connectivity index (χ1n) is 11.0. The van der Waals surface area contributed by atoms with Crippen LogP contribution >= 0.6 is 0 Å². The molecule has 1 aromatic carbocycles. The number of carbonyl (C=O) groups is 1. The van der Waals surface area contributed by atoms with Crippen LogP contribution in [0.15, 0.2) is 71.8 Å². The quantitative estimate of drug-likeness (QED) is 0.591. The van der Waals surface area contributed by atoms with Crippen LogP contribution in [0.5, 0.6) is 0 Å². The summed E-state index contributed by atoms with van der Waals surface area (Å²) in [6, 6.07) is 17.6. The summed E-state index contributed by atoms with van der Waals surface area (Å²) in [6.45, 7) is 2.08. The Kier molecular flexibility index (Phi) is 6.87. The molecule has 1 aliphatic rings. The van der Waals surface area contributed by atoms with Crippen molar-refractivity contribution in [3.05, 3.63) is 82.9 Å². The summed E-state index contributed by atoms with van der Waals surface area (Å²) in [6.07, 6.45) is 7.66. The van der Waals surface area contributed by atoms with E-state index in [4.69, 9.17) is 0 Å². The molecule has 3 heterocycles. The van der Waals surface area contributed by atoms with E-state index in [1.165, 1.54) is 16.3 Å². The van der Waals surface area contributed by atoms with Gasteiger partial charge in [0.05, 0.1) is 5.69 Å². The van der Waals surface area contributed by atoms with E-state index < -0.39 is 0 Å². The Morgan fingerprint density at radius 2 is 1.81 bits per heavy atom. The normalized spacial score (nSPS) is 14.5. The van der Waals surface area contributed by atoms with E-state index in [1.54, 1.807) is 18.5 Å². The van der Waals surface area contributed by atoms with Gasteiger partial charge in [-0.05, 0) is 55.4 Å². The van der Waals surface area contributed by atoms with Gasteiger partial charge in [-0.25, -0.2) is 4.68 Å². The number of hydrogen-bond acceptors (Lipinski definition) is 4. The molecule has 2 aromatic heterocycles. The number of benzene rings is 1. The monoisotopic (exact) mass is 416 g/mol. The number of likely N-dealkylation sites (tertiary alicyclic amines) is 1. The number of aromatic nitrogens is 3. The van der Waals surface area contributed by atoms with Gasteiger partial charge in [0, 0.05) is 50.1 Å². The second-order valence-electron chi connectivity index (χ2n) is 8.14. The third-order valence-electron chi connectivity index (χ3n) is 5.92. The van der Waals surface area contributed by atoms with Gasteiger partial charge in [0.1, 0.15) is 0 Å². The first-order valence-corrected chi connectivity index (χ1v) is 11.0. The number of hydrogen-bond donors (Lipinski definition) is 0.